The second-order valence-electron chi connectivity index (χ2n) is 4.40. The van der Waals surface area contributed by atoms with Gasteiger partial charge in [0.1, 0.15) is 0 Å². The summed E-state index contributed by atoms with van der Waals surface area (Å²) in [7, 11) is 4.12. The summed E-state index contributed by atoms with van der Waals surface area (Å²) < 4.78 is 0. The first-order valence-electron chi connectivity index (χ1n) is 5.54. The Bertz CT molecular complexity index is 364. The zero-order valence-electron chi connectivity index (χ0n) is 9.76. The van der Waals surface area contributed by atoms with Crippen LogP contribution >= 0.6 is 0 Å². The first-order chi connectivity index (χ1) is 7.68. The van der Waals surface area contributed by atoms with E-state index in [9.17, 15) is 4.79 Å². The molecule has 1 atom stereocenters. The predicted molar refractivity (Wildman–Crippen MR) is 62.2 cm³/mol. The van der Waals surface area contributed by atoms with E-state index in [0.717, 1.165) is 19.5 Å². The minimum Gasteiger partial charge on any atom is -0.337 e. The number of likely N-dealkylation sites (N-methyl/N-ethyl adjacent to an activating group) is 1. The quantitative estimate of drug-likeness (QED) is 0.740. The number of carbonyl (C=O) groups excluding carboxylic acids is 1. The van der Waals surface area contributed by atoms with Gasteiger partial charge in [0.2, 0.25) is 0 Å². The molecule has 0 aromatic carbocycles. The van der Waals surface area contributed by atoms with Gasteiger partial charge in [-0.05, 0) is 32.6 Å². The summed E-state index contributed by atoms with van der Waals surface area (Å²) in [6.07, 6.45) is 4.37. The van der Waals surface area contributed by atoms with E-state index in [1.807, 2.05) is 11.0 Å². The van der Waals surface area contributed by atoms with Crippen LogP contribution in [0.3, 0.4) is 0 Å². The second kappa shape index (κ2) is 4.61. The number of hydrogen-bond acceptors (Lipinski definition) is 3. The van der Waals surface area contributed by atoms with Crippen molar-refractivity contribution in [2.75, 3.05) is 27.2 Å². The summed E-state index contributed by atoms with van der Waals surface area (Å²) in [6, 6.07) is 4.10. The molecule has 1 amide bonds. The van der Waals surface area contributed by atoms with Gasteiger partial charge in [0, 0.05) is 31.5 Å². The molecule has 1 aliphatic rings. The molecule has 1 aromatic heterocycles. The van der Waals surface area contributed by atoms with Crippen molar-refractivity contribution in [2.24, 2.45) is 0 Å². The van der Waals surface area contributed by atoms with Gasteiger partial charge in [0.05, 0.1) is 5.56 Å². The molecule has 1 aliphatic heterocycles. The van der Waals surface area contributed by atoms with Crippen molar-refractivity contribution in [3.05, 3.63) is 30.1 Å². The number of likely N-dealkylation sites (tertiary alicyclic amines) is 1. The van der Waals surface area contributed by atoms with Crippen molar-refractivity contribution in [2.45, 2.75) is 12.5 Å². The number of carbonyl (C=O) groups is 1. The van der Waals surface area contributed by atoms with E-state index >= 15 is 0 Å². The number of hydrogen-bond donors (Lipinski definition) is 0. The molecule has 2 heterocycles. The van der Waals surface area contributed by atoms with Crippen LogP contribution in [-0.2, 0) is 0 Å². The van der Waals surface area contributed by atoms with E-state index in [1.165, 1.54) is 0 Å². The third kappa shape index (κ3) is 2.22. The van der Waals surface area contributed by atoms with Gasteiger partial charge in [-0.3, -0.25) is 9.78 Å². The highest BCUT2D eigenvalue weighted by atomic mass is 16.2. The normalized spacial score (nSPS) is 20.4. The van der Waals surface area contributed by atoms with Crippen LogP contribution in [0.2, 0.25) is 0 Å². The van der Waals surface area contributed by atoms with Crippen molar-refractivity contribution >= 4 is 5.91 Å². The zero-order valence-corrected chi connectivity index (χ0v) is 9.76. The lowest BCUT2D eigenvalue weighted by Crippen LogP contribution is -2.34. The first kappa shape index (κ1) is 11.1. The Labute approximate surface area is 95.9 Å². The smallest absolute Gasteiger partial charge is 0.255 e. The monoisotopic (exact) mass is 219 g/mol. The average molecular weight is 219 g/mol. The van der Waals surface area contributed by atoms with Crippen LogP contribution in [0.5, 0.6) is 0 Å². The first-order valence-corrected chi connectivity index (χ1v) is 5.54. The Kier molecular flexibility index (Phi) is 3.19. The summed E-state index contributed by atoms with van der Waals surface area (Å²) in [5.74, 6) is 0.0949. The van der Waals surface area contributed by atoms with Gasteiger partial charge in [0.25, 0.3) is 5.91 Å². The Morgan fingerprint density at radius 3 is 2.94 bits per heavy atom. The second-order valence-corrected chi connectivity index (χ2v) is 4.40. The summed E-state index contributed by atoms with van der Waals surface area (Å²) in [5, 5.41) is 0. The third-order valence-corrected chi connectivity index (χ3v) is 3.09. The molecule has 86 valence electrons. The highest BCUT2D eigenvalue weighted by Gasteiger charge is 2.27. The summed E-state index contributed by atoms with van der Waals surface area (Å²) in [5.41, 5.74) is 0.682. The number of pyridine rings is 1. The topological polar surface area (TPSA) is 36.4 Å². The van der Waals surface area contributed by atoms with Gasteiger partial charge in [-0.1, -0.05) is 0 Å². The Morgan fingerprint density at radius 2 is 2.38 bits per heavy atom. The van der Waals surface area contributed by atoms with Crippen LogP contribution in [0.4, 0.5) is 0 Å². The fourth-order valence-electron chi connectivity index (χ4n) is 2.02. The molecule has 4 heteroatoms. The van der Waals surface area contributed by atoms with Crippen molar-refractivity contribution in [1.29, 1.82) is 0 Å². The molecule has 1 saturated heterocycles. The summed E-state index contributed by atoms with van der Waals surface area (Å²) in [6.45, 7) is 1.66. The number of nitrogens with zero attached hydrogens (tertiary/aromatic N) is 3. The van der Waals surface area contributed by atoms with Crippen molar-refractivity contribution in [3.8, 4) is 0 Å². The molecule has 0 N–H and O–H groups in total. The summed E-state index contributed by atoms with van der Waals surface area (Å²) in [4.78, 5) is 20.1. The lowest BCUT2D eigenvalue weighted by Gasteiger charge is -2.20. The molecule has 4 nitrogen and oxygen atoms in total. The van der Waals surface area contributed by atoms with Crippen LogP contribution in [0.1, 0.15) is 16.8 Å². The maximum atomic E-state index is 12.1. The van der Waals surface area contributed by atoms with Crippen molar-refractivity contribution in [3.63, 3.8) is 0 Å². The van der Waals surface area contributed by atoms with E-state index in [4.69, 9.17) is 0 Å². The zero-order chi connectivity index (χ0) is 11.5. The van der Waals surface area contributed by atoms with Gasteiger partial charge < -0.3 is 9.80 Å². The van der Waals surface area contributed by atoms with E-state index in [2.05, 4.69) is 24.0 Å². The molecule has 1 aromatic rings. The molecule has 0 radical (unpaired) electrons. The predicted octanol–water partition coefficient (Wildman–Crippen LogP) is 0.858. The molecule has 0 aliphatic carbocycles. The molecule has 0 bridgehead atoms. The van der Waals surface area contributed by atoms with Crippen molar-refractivity contribution in [1.82, 2.24) is 14.8 Å². The van der Waals surface area contributed by atoms with Crippen LogP contribution in [-0.4, -0.2) is 53.9 Å². The highest BCUT2D eigenvalue weighted by molar-refractivity contribution is 5.94. The largest absolute Gasteiger partial charge is 0.337 e. The number of aromatic nitrogens is 1. The Morgan fingerprint density at radius 1 is 1.56 bits per heavy atom. The highest BCUT2D eigenvalue weighted by Crippen LogP contribution is 2.15. The van der Waals surface area contributed by atoms with Crippen LogP contribution < -0.4 is 0 Å². The lowest BCUT2D eigenvalue weighted by atomic mass is 10.2. The Balaban J connectivity index is 2.03. The van der Waals surface area contributed by atoms with Gasteiger partial charge >= 0.3 is 0 Å². The molecular formula is C12H17N3O. The van der Waals surface area contributed by atoms with Gasteiger partial charge in [-0.2, -0.15) is 0 Å². The average Bonchev–Trinajstić information content (AvgIpc) is 2.78. The SMILES string of the molecule is CN(C)[C@@H]1CCN(C(=O)c2cccnc2)C1. The molecule has 16 heavy (non-hydrogen) atoms. The Hall–Kier alpha value is -1.42. The third-order valence-electron chi connectivity index (χ3n) is 3.09. The molecule has 0 saturated carbocycles. The van der Waals surface area contributed by atoms with E-state index < -0.39 is 0 Å². The minimum atomic E-state index is 0.0949. The number of rotatable bonds is 2. The number of amides is 1. The van der Waals surface area contributed by atoms with Gasteiger partial charge in [-0.15, -0.1) is 0 Å². The van der Waals surface area contributed by atoms with E-state index in [1.54, 1.807) is 18.5 Å². The van der Waals surface area contributed by atoms with Crippen LogP contribution in [0.15, 0.2) is 24.5 Å². The van der Waals surface area contributed by atoms with Crippen LogP contribution in [0.25, 0.3) is 0 Å². The standard InChI is InChI=1S/C12H17N3O/c1-14(2)11-5-7-15(9-11)12(16)10-4-3-6-13-8-10/h3-4,6,8,11H,5,7,9H2,1-2H3/t11-/m1/s1. The maximum Gasteiger partial charge on any atom is 0.255 e. The van der Waals surface area contributed by atoms with Crippen LogP contribution in [0, 0.1) is 0 Å². The summed E-state index contributed by atoms with van der Waals surface area (Å²) >= 11 is 0. The lowest BCUT2D eigenvalue weighted by molar-refractivity contribution is 0.0782. The maximum absolute atomic E-state index is 12.1. The van der Waals surface area contributed by atoms with Gasteiger partial charge in [0.15, 0.2) is 0 Å². The minimum absolute atomic E-state index is 0.0949. The van der Waals surface area contributed by atoms with Crippen molar-refractivity contribution < 1.29 is 4.79 Å². The van der Waals surface area contributed by atoms with Gasteiger partial charge in [-0.25, -0.2) is 0 Å². The van der Waals surface area contributed by atoms with E-state index in [0.29, 0.717) is 11.6 Å². The molecule has 2 rings (SSSR count). The fraction of sp³-hybridized carbons (Fsp3) is 0.500. The molecule has 0 spiro atoms. The van der Waals surface area contributed by atoms with E-state index in [-0.39, 0.29) is 5.91 Å². The fourth-order valence-corrected chi connectivity index (χ4v) is 2.02. The molecule has 1 fully saturated rings. The molecule has 0 unspecified atom stereocenters. The molecular weight excluding hydrogens is 202 g/mol.